The van der Waals surface area contributed by atoms with Crippen molar-refractivity contribution in [3.63, 3.8) is 0 Å². The van der Waals surface area contributed by atoms with Crippen LogP contribution in [0.3, 0.4) is 0 Å². The first kappa shape index (κ1) is 17.2. The number of rotatable bonds is 4. The molecule has 0 spiro atoms. The summed E-state index contributed by atoms with van der Waals surface area (Å²) in [5, 5.41) is 3.15. The van der Waals surface area contributed by atoms with Crippen LogP contribution in [-0.2, 0) is 17.5 Å². The third kappa shape index (κ3) is 4.41. The van der Waals surface area contributed by atoms with Crippen LogP contribution < -0.4 is 5.32 Å². The molecule has 1 aromatic carbocycles. The molecule has 7 heteroatoms. The first-order valence-corrected chi connectivity index (χ1v) is 7.16. The standard InChI is InChI=1S/C15H20F4N2O/c1-10(14-9-21(2)5-6-22-14)20-8-11-3-4-13(16)12(7-11)15(17,18)19/h3-4,7,10,14,20H,5-6,8-9H2,1-2H3/t10-,14-/m1/s1. The number of halogens is 4. The fraction of sp³-hybridized carbons (Fsp3) is 0.600. The van der Waals surface area contributed by atoms with Gasteiger partial charge in [0, 0.05) is 25.7 Å². The van der Waals surface area contributed by atoms with Crippen LogP contribution in [0.2, 0.25) is 0 Å². The Morgan fingerprint density at radius 2 is 2.14 bits per heavy atom. The predicted molar refractivity (Wildman–Crippen MR) is 74.9 cm³/mol. The monoisotopic (exact) mass is 320 g/mol. The Bertz CT molecular complexity index is 507. The van der Waals surface area contributed by atoms with Crippen molar-refractivity contribution in [2.45, 2.75) is 31.8 Å². The number of benzene rings is 1. The Morgan fingerprint density at radius 3 is 2.77 bits per heavy atom. The maximum atomic E-state index is 13.2. The lowest BCUT2D eigenvalue weighted by molar-refractivity contribution is -0.140. The normalized spacial score (nSPS) is 21.8. The predicted octanol–water partition coefficient (Wildman–Crippen LogP) is 2.65. The summed E-state index contributed by atoms with van der Waals surface area (Å²) in [6, 6.07) is 3.05. The minimum atomic E-state index is -4.68. The van der Waals surface area contributed by atoms with Crippen molar-refractivity contribution >= 4 is 0 Å². The summed E-state index contributed by atoms with van der Waals surface area (Å²) in [5.41, 5.74) is -0.835. The van der Waals surface area contributed by atoms with Gasteiger partial charge in [-0.15, -0.1) is 0 Å². The third-order valence-electron chi connectivity index (χ3n) is 3.82. The molecule has 1 aliphatic rings. The van der Waals surface area contributed by atoms with E-state index < -0.39 is 17.6 Å². The highest BCUT2D eigenvalue weighted by molar-refractivity contribution is 5.27. The fourth-order valence-electron chi connectivity index (χ4n) is 2.42. The molecule has 0 saturated carbocycles. The maximum Gasteiger partial charge on any atom is 0.419 e. The number of nitrogens with one attached hydrogen (secondary N) is 1. The van der Waals surface area contributed by atoms with Gasteiger partial charge < -0.3 is 15.0 Å². The van der Waals surface area contributed by atoms with Crippen molar-refractivity contribution in [2.75, 3.05) is 26.7 Å². The third-order valence-corrected chi connectivity index (χ3v) is 3.82. The summed E-state index contributed by atoms with van der Waals surface area (Å²) in [4.78, 5) is 2.14. The summed E-state index contributed by atoms with van der Waals surface area (Å²) < 4.78 is 56.9. The van der Waals surface area contributed by atoms with E-state index in [1.807, 2.05) is 14.0 Å². The van der Waals surface area contributed by atoms with E-state index >= 15 is 0 Å². The van der Waals surface area contributed by atoms with Crippen molar-refractivity contribution in [1.29, 1.82) is 0 Å². The average Bonchev–Trinajstić information content (AvgIpc) is 2.45. The van der Waals surface area contributed by atoms with E-state index in [2.05, 4.69) is 10.2 Å². The Morgan fingerprint density at radius 1 is 1.41 bits per heavy atom. The van der Waals surface area contributed by atoms with Gasteiger partial charge in [-0.1, -0.05) is 6.07 Å². The highest BCUT2D eigenvalue weighted by Crippen LogP contribution is 2.31. The minimum absolute atomic E-state index is 0.0119. The van der Waals surface area contributed by atoms with Crippen molar-refractivity contribution in [3.05, 3.63) is 35.1 Å². The topological polar surface area (TPSA) is 24.5 Å². The average molecular weight is 320 g/mol. The van der Waals surface area contributed by atoms with Gasteiger partial charge in [-0.25, -0.2) is 4.39 Å². The van der Waals surface area contributed by atoms with Crippen LogP contribution in [0, 0.1) is 5.82 Å². The number of ether oxygens (including phenoxy) is 1. The largest absolute Gasteiger partial charge is 0.419 e. The van der Waals surface area contributed by atoms with Crippen LogP contribution in [0.5, 0.6) is 0 Å². The molecule has 2 rings (SSSR count). The van der Waals surface area contributed by atoms with Crippen molar-refractivity contribution in [1.82, 2.24) is 10.2 Å². The molecule has 1 aliphatic heterocycles. The maximum absolute atomic E-state index is 13.2. The Labute approximate surface area is 127 Å². The quantitative estimate of drug-likeness (QED) is 0.863. The highest BCUT2D eigenvalue weighted by Gasteiger charge is 2.34. The lowest BCUT2D eigenvalue weighted by Gasteiger charge is -2.34. The van der Waals surface area contributed by atoms with Gasteiger partial charge in [0.05, 0.1) is 18.3 Å². The first-order chi connectivity index (χ1) is 10.3. The second-order valence-electron chi connectivity index (χ2n) is 5.65. The lowest BCUT2D eigenvalue weighted by atomic mass is 10.1. The van der Waals surface area contributed by atoms with E-state index in [4.69, 9.17) is 4.74 Å². The number of morpholine rings is 1. The van der Waals surface area contributed by atoms with Crippen molar-refractivity contribution in [2.24, 2.45) is 0 Å². The molecule has 0 unspecified atom stereocenters. The molecule has 0 amide bonds. The van der Waals surface area contributed by atoms with Gasteiger partial charge in [-0.3, -0.25) is 0 Å². The molecule has 1 N–H and O–H groups in total. The summed E-state index contributed by atoms with van der Waals surface area (Å²) in [6.45, 7) is 4.44. The van der Waals surface area contributed by atoms with Gasteiger partial charge in [0.15, 0.2) is 0 Å². The molecular formula is C15H20F4N2O. The highest BCUT2D eigenvalue weighted by atomic mass is 19.4. The summed E-state index contributed by atoms with van der Waals surface area (Å²) >= 11 is 0. The molecule has 1 heterocycles. The molecule has 124 valence electrons. The molecule has 2 atom stereocenters. The van der Waals surface area contributed by atoms with E-state index in [0.29, 0.717) is 12.2 Å². The minimum Gasteiger partial charge on any atom is -0.374 e. The molecule has 0 radical (unpaired) electrons. The van der Waals surface area contributed by atoms with Crippen LogP contribution in [0.4, 0.5) is 17.6 Å². The molecule has 3 nitrogen and oxygen atoms in total. The second-order valence-corrected chi connectivity index (χ2v) is 5.65. The molecule has 0 aromatic heterocycles. The van der Waals surface area contributed by atoms with Gasteiger partial charge in [-0.05, 0) is 31.7 Å². The Hall–Kier alpha value is -1.18. The van der Waals surface area contributed by atoms with Crippen molar-refractivity contribution in [3.8, 4) is 0 Å². The van der Waals surface area contributed by atoms with E-state index in [1.54, 1.807) is 0 Å². The van der Waals surface area contributed by atoms with Crippen LogP contribution in [0.25, 0.3) is 0 Å². The van der Waals surface area contributed by atoms with E-state index in [-0.39, 0.29) is 18.7 Å². The lowest BCUT2D eigenvalue weighted by Crippen LogP contribution is -2.49. The molecule has 22 heavy (non-hydrogen) atoms. The molecule has 0 aliphatic carbocycles. The van der Waals surface area contributed by atoms with E-state index in [0.717, 1.165) is 25.2 Å². The van der Waals surface area contributed by atoms with Crippen LogP contribution in [0.15, 0.2) is 18.2 Å². The smallest absolute Gasteiger partial charge is 0.374 e. The SMILES string of the molecule is C[C@@H](NCc1ccc(F)c(C(F)(F)F)c1)[C@H]1CN(C)CCO1. The first-order valence-electron chi connectivity index (χ1n) is 7.16. The van der Waals surface area contributed by atoms with Crippen LogP contribution >= 0.6 is 0 Å². The Balaban J connectivity index is 1.96. The van der Waals surface area contributed by atoms with Gasteiger partial charge in [0.25, 0.3) is 0 Å². The number of likely N-dealkylation sites (N-methyl/N-ethyl adjacent to an activating group) is 1. The van der Waals surface area contributed by atoms with Gasteiger partial charge >= 0.3 is 6.18 Å². The van der Waals surface area contributed by atoms with Gasteiger partial charge in [0.1, 0.15) is 5.82 Å². The van der Waals surface area contributed by atoms with Crippen LogP contribution in [-0.4, -0.2) is 43.8 Å². The number of nitrogens with zero attached hydrogens (tertiary/aromatic N) is 1. The zero-order valence-electron chi connectivity index (χ0n) is 12.6. The Kier molecular flexibility index (Phi) is 5.41. The van der Waals surface area contributed by atoms with Crippen molar-refractivity contribution < 1.29 is 22.3 Å². The zero-order valence-corrected chi connectivity index (χ0v) is 12.6. The molecule has 0 bridgehead atoms. The molecular weight excluding hydrogens is 300 g/mol. The van der Waals surface area contributed by atoms with Gasteiger partial charge in [-0.2, -0.15) is 13.2 Å². The van der Waals surface area contributed by atoms with Crippen LogP contribution in [0.1, 0.15) is 18.1 Å². The number of hydrogen-bond acceptors (Lipinski definition) is 3. The second kappa shape index (κ2) is 6.93. The van der Waals surface area contributed by atoms with E-state index in [9.17, 15) is 17.6 Å². The fourth-order valence-corrected chi connectivity index (χ4v) is 2.42. The molecule has 1 fully saturated rings. The zero-order chi connectivity index (χ0) is 16.3. The summed E-state index contributed by atoms with van der Waals surface area (Å²) in [7, 11) is 2.00. The van der Waals surface area contributed by atoms with Gasteiger partial charge in [0.2, 0.25) is 0 Å². The summed E-state index contributed by atoms with van der Waals surface area (Å²) in [5.74, 6) is -1.25. The molecule has 1 saturated heterocycles. The number of alkyl halides is 3. The number of hydrogen-bond donors (Lipinski definition) is 1. The summed E-state index contributed by atoms with van der Waals surface area (Å²) in [6.07, 6.45) is -4.69. The van der Waals surface area contributed by atoms with E-state index in [1.165, 1.54) is 6.07 Å². The molecule has 1 aromatic rings.